The van der Waals surface area contributed by atoms with Crippen LogP contribution in [-0.4, -0.2) is 38.4 Å². The predicted octanol–water partition coefficient (Wildman–Crippen LogP) is 4.37. The number of carbonyl (C=O) groups excluding carboxylic acids is 1. The summed E-state index contributed by atoms with van der Waals surface area (Å²) in [6, 6.07) is 14.0. The number of aromatic nitrogens is 3. The first kappa shape index (κ1) is 19.2. The lowest BCUT2D eigenvalue weighted by Crippen LogP contribution is -2.40. The molecular formula is C25H23FN4O2. The average Bonchev–Trinajstić information content (AvgIpc) is 3.60. The topological polar surface area (TPSA) is 71.0 Å². The Kier molecular flexibility index (Phi) is 4.38. The number of amides is 1. The molecule has 1 amide bonds. The number of piperidine rings is 1. The van der Waals surface area contributed by atoms with Crippen LogP contribution in [0.2, 0.25) is 0 Å². The van der Waals surface area contributed by atoms with Crippen LogP contribution >= 0.6 is 0 Å². The third-order valence-corrected chi connectivity index (χ3v) is 6.76. The van der Waals surface area contributed by atoms with Crippen molar-refractivity contribution in [3.05, 3.63) is 76.1 Å². The fraction of sp³-hybridized carbons (Fsp3) is 0.320. The molecule has 1 aliphatic carbocycles. The Balaban J connectivity index is 1.29. The maximum absolute atomic E-state index is 14.0. The van der Waals surface area contributed by atoms with Gasteiger partial charge in [0.05, 0.1) is 22.1 Å². The van der Waals surface area contributed by atoms with Gasteiger partial charge < -0.3 is 9.88 Å². The van der Waals surface area contributed by atoms with Gasteiger partial charge in [-0.1, -0.05) is 12.1 Å². The first-order valence-electron chi connectivity index (χ1n) is 11.2. The minimum atomic E-state index is -0.370. The maximum Gasteiger partial charge on any atom is 0.326 e. The monoisotopic (exact) mass is 430 g/mol. The molecule has 1 saturated carbocycles. The van der Waals surface area contributed by atoms with E-state index in [9.17, 15) is 14.0 Å². The molecule has 6 rings (SSSR count). The molecule has 1 saturated heterocycles. The number of fused-ring (bicyclic) bond motifs is 2. The molecule has 7 heteroatoms. The Hall–Kier alpha value is -3.48. The third kappa shape index (κ3) is 3.20. The maximum atomic E-state index is 14.0. The van der Waals surface area contributed by atoms with Crippen molar-refractivity contribution < 1.29 is 9.18 Å². The molecule has 162 valence electrons. The van der Waals surface area contributed by atoms with Crippen LogP contribution in [0, 0.1) is 5.82 Å². The summed E-state index contributed by atoms with van der Waals surface area (Å²) in [7, 11) is 0. The van der Waals surface area contributed by atoms with Crippen LogP contribution in [0.4, 0.5) is 4.39 Å². The van der Waals surface area contributed by atoms with Gasteiger partial charge in [0.15, 0.2) is 0 Å². The summed E-state index contributed by atoms with van der Waals surface area (Å²) in [5, 5.41) is 0.564. The van der Waals surface area contributed by atoms with Gasteiger partial charge in [-0.2, -0.15) is 0 Å². The molecule has 4 aromatic rings. The molecule has 0 bridgehead atoms. The lowest BCUT2D eigenvalue weighted by molar-refractivity contribution is 0.0697. The highest BCUT2D eigenvalue weighted by Crippen LogP contribution is 2.40. The number of nitrogens with one attached hydrogen (secondary N) is 1. The highest BCUT2D eigenvalue weighted by molar-refractivity contribution is 6.06. The van der Waals surface area contributed by atoms with Crippen LogP contribution in [0.25, 0.3) is 21.9 Å². The largest absolute Gasteiger partial charge is 0.338 e. The van der Waals surface area contributed by atoms with E-state index in [4.69, 9.17) is 0 Å². The van der Waals surface area contributed by atoms with Gasteiger partial charge in [0.2, 0.25) is 0 Å². The van der Waals surface area contributed by atoms with Gasteiger partial charge >= 0.3 is 5.69 Å². The van der Waals surface area contributed by atoms with E-state index in [2.05, 4.69) is 9.97 Å². The SMILES string of the molecule is O=C(c1cc(C2CC2)nc2ccc(F)cc12)N1CCC(n2c(=O)[nH]c3ccccc32)CC1. The summed E-state index contributed by atoms with van der Waals surface area (Å²) in [4.78, 5) is 35.5. The number of hydrogen-bond acceptors (Lipinski definition) is 3. The van der Waals surface area contributed by atoms with Crippen LogP contribution < -0.4 is 5.69 Å². The zero-order valence-corrected chi connectivity index (χ0v) is 17.6. The number of hydrogen-bond donors (Lipinski definition) is 1. The molecule has 2 aromatic carbocycles. The Bertz CT molecular complexity index is 1410. The van der Waals surface area contributed by atoms with Crippen LogP contribution in [0.5, 0.6) is 0 Å². The molecular weight excluding hydrogens is 407 g/mol. The summed E-state index contributed by atoms with van der Waals surface area (Å²) in [5.74, 6) is -0.0601. The molecule has 1 N–H and O–H groups in total. The number of carbonyl (C=O) groups is 1. The molecule has 2 aliphatic rings. The fourth-order valence-corrected chi connectivity index (χ4v) is 4.92. The van der Waals surface area contributed by atoms with Crippen molar-refractivity contribution in [1.29, 1.82) is 0 Å². The zero-order chi connectivity index (χ0) is 21.8. The van der Waals surface area contributed by atoms with E-state index in [1.54, 1.807) is 6.07 Å². The number of aromatic amines is 1. The Morgan fingerprint density at radius 3 is 2.59 bits per heavy atom. The fourth-order valence-electron chi connectivity index (χ4n) is 4.92. The van der Waals surface area contributed by atoms with Crippen LogP contribution in [0.1, 0.15) is 53.7 Å². The van der Waals surface area contributed by atoms with Gasteiger partial charge in [0, 0.05) is 36.1 Å². The Labute approximate surface area is 183 Å². The number of H-pyrrole nitrogens is 1. The van der Waals surface area contributed by atoms with E-state index in [1.165, 1.54) is 12.1 Å². The summed E-state index contributed by atoms with van der Waals surface area (Å²) in [6.45, 7) is 1.10. The van der Waals surface area contributed by atoms with Crippen molar-refractivity contribution in [2.45, 2.75) is 37.6 Å². The second-order valence-electron chi connectivity index (χ2n) is 8.87. The summed E-state index contributed by atoms with van der Waals surface area (Å²) in [6.07, 6.45) is 3.55. The molecule has 6 nitrogen and oxygen atoms in total. The Morgan fingerprint density at radius 1 is 1.03 bits per heavy atom. The second-order valence-corrected chi connectivity index (χ2v) is 8.87. The van der Waals surface area contributed by atoms with Crippen molar-refractivity contribution in [3.63, 3.8) is 0 Å². The number of benzene rings is 2. The van der Waals surface area contributed by atoms with E-state index < -0.39 is 0 Å². The van der Waals surface area contributed by atoms with Gasteiger partial charge in [0.25, 0.3) is 5.91 Å². The number of rotatable bonds is 3. The molecule has 2 fully saturated rings. The number of halogens is 1. The molecule has 2 aromatic heterocycles. The van der Waals surface area contributed by atoms with Gasteiger partial charge in [0.1, 0.15) is 5.82 Å². The lowest BCUT2D eigenvalue weighted by atomic mass is 10.0. The van der Waals surface area contributed by atoms with Gasteiger partial charge in [-0.25, -0.2) is 9.18 Å². The summed E-state index contributed by atoms with van der Waals surface area (Å²) in [5.41, 5.74) is 3.73. The average molecular weight is 430 g/mol. The van der Waals surface area contributed by atoms with Gasteiger partial charge in [-0.3, -0.25) is 14.3 Å². The molecule has 0 unspecified atom stereocenters. The number of pyridine rings is 1. The molecule has 0 radical (unpaired) electrons. The van der Waals surface area contributed by atoms with Crippen molar-refractivity contribution >= 4 is 27.8 Å². The normalized spacial score (nSPS) is 17.3. The van der Waals surface area contributed by atoms with Crippen molar-refractivity contribution in [2.75, 3.05) is 13.1 Å². The Morgan fingerprint density at radius 2 is 1.81 bits per heavy atom. The predicted molar refractivity (Wildman–Crippen MR) is 120 cm³/mol. The molecule has 0 spiro atoms. The lowest BCUT2D eigenvalue weighted by Gasteiger charge is -2.33. The first-order valence-corrected chi connectivity index (χ1v) is 11.2. The number of nitrogens with zero attached hydrogens (tertiary/aromatic N) is 3. The van der Waals surface area contributed by atoms with E-state index >= 15 is 0 Å². The van der Waals surface area contributed by atoms with E-state index in [1.807, 2.05) is 39.8 Å². The van der Waals surface area contributed by atoms with E-state index in [-0.39, 0.29) is 23.5 Å². The minimum Gasteiger partial charge on any atom is -0.338 e. The number of para-hydroxylation sites is 2. The van der Waals surface area contributed by atoms with Gasteiger partial charge in [-0.15, -0.1) is 0 Å². The number of imidazole rings is 1. The molecule has 32 heavy (non-hydrogen) atoms. The quantitative estimate of drug-likeness (QED) is 0.525. The number of likely N-dealkylation sites (tertiary alicyclic amines) is 1. The minimum absolute atomic E-state index is 0.0383. The van der Waals surface area contributed by atoms with E-state index in [0.717, 1.165) is 29.6 Å². The molecule has 1 aliphatic heterocycles. The second kappa shape index (κ2) is 7.29. The smallest absolute Gasteiger partial charge is 0.326 e. The standard InChI is InChI=1S/C25H23FN4O2/c26-16-7-8-20-18(13-16)19(14-22(27-20)15-5-6-15)24(31)29-11-9-17(10-12-29)30-23-4-2-1-3-21(23)28-25(30)32/h1-4,7-8,13-15,17H,5-6,9-12H2,(H,28,32). The highest BCUT2D eigenvalue weighted by Gasteiger charge is 2.30. The van der Waals surface area contributed by atoms with Crippen LogP contribution in [-0.2, 0) is 0 Å². The zero-order valence-electron chi connectivity index (χ0n) is 17.6. The summed E-state index contributed by atoms with van der Waals surface area (Å²) < 4.78 is 15.8. The van der Waals surface area contributed by atoms with E-state index in [0.29, 0.717) is 48.3 Å². The van der Waals surface area contributed by atoms with Crippen LogP contribution in [0.15, 0.2) is 53.3 Å². The molecule has 0 atom stereocenters. The van der Waals surface area contributed by atoms with Crippen molar-refractivity contribution in [3.8, 4) is 0 Å². The van der Waals surface area contributed by atoms with Crippen molar-refractivity contribution in [1.82, 2.24) is 19.4 Å². The molecule has 3 heterocycles. The third-order valence-electron chi connectivity index (χ3n) is 6.76. The highest BCUT2D eigenvalue weighted by atomic mass is 19.1. The van der Waals surface area contributed by atoms with Crippen molar-refractivity contribution in [2.24, 2.45) is 0 Å². The van der Waals surface area contributed by atoms with Crippen LogP contribution in [0.3, 0.4) is 0 Å². The first-order chi connectivity index (χ1) is 15.6. The van der Waals surface area contributed by atoms with Gasteiger partial charge in [-0.05, 0) is 62.1 Å². The summed E-state index contributed by atoms with van der Waals surface area (Å²) >= 11 is 0.